The molecule has 2 unspecified atom stereocenters. The normalized spacial score (nSPS) is 45.8. The zero-order valence-electron chi connectivity index (χ0n) is 17.1. The fraction of sp³-hybridized carbons (Fsp3) is 0.720. The Morgan fingerprint density at radius 1 is 1.11 bits per heavy atom. The van der Waals surface area contributed by atoms with Gasteiger partial charge in [0.15, 0.2) is 0 Å². The summed E-state index contributed by atoms with van der Waals surface area (Å²) in [5.41, 5.74) is 2.10. The van der Waals surface area contributed by atoms with Gasteiger partial charge in [0.05, 0.1) is 0 Å². The molecule has 6 rings (SSSR count). The number of Topliss-reactive ketones (excluding diaryl/α,β-unsaturated/α-hetero) is 1. The van der Waals surface area contributed by atoms with Crippen molar-refractivity contribution in [1.29, 1.82) is 0 Å². The first-order valence-electron chi connectivity index (χ1n) is 11.2. The Morgan fingerprint density at radius 2 is 1.93 bits per heavy atom. The molecule has 4 bridgehead atoms. The maximum absolute atomic E-state index is 13.8. The van der Waals surface area contributed by atoms with Crippen molar-refractivity contribution in [1.82, 2.24) is 5.32 Å². The number of hydrogen-bond acceptors (Lipinski definition) is 2. The highest BCUT2D eigenvalue weighted by molar-refractivity contribution is 5.86. The molecule has 1 N–H and O–H groups in total. The minimum absolute atomic E-state index is 0.0296. The summed E-state index contributed by atoms with van der Waals surface area (Å²) in [5.74, 6) is 1.97. The van der Waals surface area contributed by atoms with Gasteiger partial charge >= 0.3 is 0 Å². The number of rotatable bonds is 4. The van der Waals surface area contributed by atoms with E-state index in [1.165, 1.54) is 44.1 Å². The van der Waals surface area contributed by atoms with Crippen molar-refractivity contribution in [3.8, 4) is 0 Å². The fourth-order valence-electron chi connectivity index (χ4n) is 8.24. The third kappa shape index (κ3) is 2.99. The largest absolute Gasteiger partial charge is 0.314 e. The highest BCUT2D eigenvalue weighted by Gasteiger charge is 2.64. The summed E-state index contributed by atoms with van der Waals surface area (Å²) in [5, 5.41) is 3.54. The van der Waals surface area contributed by atoms with Gasteiger partial charge in [0.2, 0.25) is 0 Å². The van der Waals surface area contributed by atoms with Crippen LogP contribution in [-0.2, 0) is 10.2 Å². The smallest absolute Gasteiger partial charge is 0.139 e. The molecule has 0 amide bonds. The molecular weight excluding hydrogens is 330 g/mol. The van der Waals surface area contributed by atoms with E-state index in [2.05, 4.69) is 49.5 Å². The van der Waals surface area contributed by atoms with Crippen molar-refractivity contribution in [2.45, 2.75) is 83.1 Å². The molecule has 0 spiro atoms. The highest BCUT2D eigenvalue weighted by atomic mass is 16.1. The zero-order valence-corrected chi connectivity index (χ0v) is 17.1. The summed E-state index contributed by atoms with van der Waals surface area (Å²) in [7, 11) is 0. The van der Waals surface area contributed by atoms with Crippen LogP contribution in [0.3, 0.4) is 0 Å². The Hall–Kier alpha value is -1.15. The first-order valence-corrected chi connectivity index (χ1v) is 11.2. The number of carbonyl (C=O) groups excluding carboxylic acids is 1. The van der Waals surface area contributed by atoms with E-state index in [1.54, 1.807) is 0 Å². The molecule has 6 atom stereocenters. The summed E-state index contributed by atoms with van der Waals surface area (Å²) in [6.07, 6.45) is 10.6. The van der Waals surface area contributed by atoms with E-state index in [4.69, 9.17) is 0 Å². The lowest BCUT2D eigenvalue weighted by molar-refractivity contribution is -0.159. The number of benzene rings is 1. The Bertz CT molecular complexity index is 729. The Morgan fingerprint density at radius 3 is 2.67 bits per heavy atom. The van der Waals surface area contributed by atoms with Crippen LogP contribution in [0.25, 0.3) is 0 Å². The van der Waals surface area contributed by atoms with E-state index < -0.39 is 0 Å². The van der Waals surface area contributed by atoms with Crippen LogP contribution >= 0.6 is 0 Å². The summed E-state index contributed by atoms with van der Waals surface area (Å²) in [6, 6.07) is 11.8. The van der Waals surface area contributed by atoms with Crippen LogP contribution in [0.15, 0.2) is 30.3 Å². The van der Waals surface area contributed by atoms with E-state index in [0.717, 1.165) is 31.7 Å². The van der Waals surface area contributed by atoms with Crippen LogP contribution < -0.4 is 5.32 Å². The average Bonchev–Trinajstić information content (AvgIpc) is 2.60. The van der Waals surface area contributed by atoms with E-state index >= 15 is 0 Å². The summed E-state index contributed by atoms with van der Waals surface area (Å²) in [4.78, 5) is 13.8. The maximum atomic E-state index is 13.8. The van der Waals surface area contributed by atoms with Crippen molar-refractivity contribution in [3.05, 3.63) is 35.9 Å². The topological polar surface area (TPSA) is 29.1 Å². The van der Waals surface area contributed by atoms with E-state index in [1.807, 2.05) is 0 Å². The molecule has 1 heterocycles. The standard InChI is InChI=1S/C25H35NO/c1-18-10-19(8-9-26-18)11-22(27)25-14-20-12-23(2,16-25)15-24(13-20,17-25)21-6-4-3-5-7-21/h3-7,18-20,26H,8-17H2,1-2H3/t18-,19-,20?,23-,24-,25?/m0/s1. The molecule has 1 saturated heterocycles. The molecular formula is C25H35NO. The minimum atomic E-state index is -0.0296. The number of nitrogens with one attached hydrogen (secondary N) is 1. The molecule has 5 fully saturated rings. The van der Waals surface area contributed by atoms with Crippen molar-refractivity contribution in [3.63, 3.8) is 0 Å². The maximum Gasteiger partial charge on any atom is 0.139 e. The summed E-state index contributed by atoms with van der Waals surface area (Å²) < 4.78 is 0. The van der Waals surface area contributed by atoms with Crippen LogP contribution in [0.5, 0.6) is 0 Å². The molecule has 2 heteroatoms. The van der Waals surface area contributed by atoms with Gasteiger partial charge in [-0.3, -0.25) is 4.79 Å². The van der Waals surface area contributed by atoms with Crippen LogP contribution in [0.4, 0.5) is 0 Å². The van der Waals surface area contributed by atoms with Gasteiger partial charge in [-0.15, -0.1) is 0 Å². The monoisotopic (exact) mass is 365 g/mol. The first kappa shape index (κ1) is 17.9. The molecule has 1 aromatic rings. The lowest BCUT2D eigenvalue weighted by Crippen LogP contribution is -2.60. The average molecular weight is 366 g/mol. The molecule has 146 valence electrons. The van der Waals surface area contributed by atoms with Crippen molar-refractivity contribution in [2.75, 3.05) is 6.54 Å². The van der Waals surface area contributed by atoms with E-state index in [0.29, 0.717) is 23.2 Å². The molecule has 4 saturated carbocycles. The minimum Gasteiger partial charge on any atom is -0.314 e. The SMILES string of the molecule is C[C@H]1C[C@@H](CC(=O)C23CC4C[C@](C)(C2)C[C@@](c2ccccc2)(C4)C3)CCN1. The van der Waals surface area contributed by atoms with Gasteiger partial charge in [0.25, 0.3) is 0 Å². The Balaban J connectivity index is 1.45. The molecule has 0 radical (unpaired) electrons. The number of ketones is 1. The summed E-state index contributed by atoms with van der Waals surface area (Å²) in [6.45, 7) is 5.84. The lowest BCUT2D eigenvalue weighted by atomic mass is 9.38. The third-order valence-corrected chi connectivity index (χ3v) is 8.53. The van der Waals surface area contributed by atoms with Crippen LogP contribution in [0, 0.1) is 22.7 Å². The van der Waals surface area contributed by atoms with Gasteiger partial charge in [0, 0.05) is 17.9 Å². The fourth-order valence-corrected chi connectivity index (χ4v) is 8.24. The van der Waals surface area contributed by atoms with Gasteiger partial charge in [-0.1, -0.05) is 37.3 Å². The van der Waals surface area contributed by atoms with Gasteiger partial charge in [-0.25, -0.2) is 0 Å². The first-order chi connectivity index (χ1) is 12.9. The highest BCUT2D eigenvalue weighted by Crippen LogP contribution is 2.70. The number of carbonyl (C=O) groups is 1. The van der Waals surface area contributed by atoms with Crippen molar-refractivity contribution >= 4 is 5.78 Å². The van der Waals surface area contributed by atoms with Crippen molar-refractivity contribution < 1.29 is 4.79 Å². The van der Waals surface area contributed by atoms with Crippen LogP contribution in [0.2, 0.25) is 0 Å². The summed E-state index contributed by atoms with van der Waals surface area (Å²) >= 11 is 0. The van der Waals surface area contributed by atoms with Gasteiger partial charge < -0.3 is 5.32 Å². The predicted octanol–water partition coefficient (Wildman–Crippen LogP) is 5.26. The zero-order chi connectivity index (χ0) is 18.7. The van der Waals surface area contributed by atoms with Crippen molar-refractivity contribution in [2.24, 2.45) is 22.7 Å². The number of piperidine rings is 1. The van der Waals surface area contributed by atoms with Gasteiger partial charge in [-0.05, 0) is 93.1 Å². The Kier molecular flexibility index (Phi) is 4.10. The van der Waals surface area contributed by atoms with E-state index in [9.17, 15) is 4.79 Å². The molecule has 0 aromatic heterocycles. The molecule has 1 aromatic carbocycles. The third-order valence-electron chi connectivity index (χ3n) is 8.53. The molecule has 27 heavy (non-hydrogen) atoms. The van der Waals surface area contributed by atoms with E-state index in [-0.39, 0.29) is 10.8 Å². The molecule has 1 aliphatic heterocycles. The van der Waals surface area contributed by atoms with Gasteiger partial charge in [0.1, 0.15) is 5.78 Å². The lowest BCUT2D eigenvalue weighted by Gasteiger charge is -2.66. The molecule has 5 aliphatic rings. The molecule has 4 aliphatic carbocycles. The molecule has 2 nitrogen and oxygen atoms in total. The second-order valence-electron chi connectivity index (χ2n) is 11.1. The second kappa shape index (κ2) is 6.17. The van der Waals surface area contributed by atoms with Gasteiger partial charge in [-0.2, -0.15) is 0 Å². The predicted molar refractivity (Wildman–Crippen MR) is 110 cm³/mol. The number of hydrogen-bond donors (Lipinski definition) is 1. The quantitative estimate of drug-likeness (QED) is 0.788. The Labute approximate surface area is 164 Å². The second-order valence-corrected chi connectivity index (χ2v) is 11.1. The van der Waals surface area contributed by atoms with Crippen LogP contribution in [-0.4, -0.2) is 18.4 Å². The van der Waals surface area contributed by atoms with Crippen LogP contribution in [0.1, 0.15) is 77.2 Å².